The average molecular weight is 540 g/mol. The van der Waals surface area contributed by atoms with Gasteiger partial charge in [-0.05, 0) is 36.8 Å². The first kappa shape index (κ1) is 28.1. The molecule has 2 aromatic heterocycles. The summed E-state index contributed by atoms with van der Waals surface area (Å²) in [4.78, 5) is 33.3. The number of benzene rings is 2. The Morgan fingerprint density at radius 3 is 2.60 bits per heavy atom. The van der Waals surface area contributed by atoms with Crippen LogP contribution in [0.25, 0.3) is 22.6 Å². The van der Waals surface area contributed by atoms with E-state index in [2.05, 4.69) is 26.5 Å². The molecule has 2 atom stereocenters. The van der Waals surface area contributed by atoms with E-state index in [4.69, 9.17) is 15.2 Å². The number of aromatic nitrogens is 4. The topological polar surface area (TPSA) is 158 Å². The second-order valence-electron chi connectivity index (χ2n) is 8.96. The van der Waals surface area contributed by atoms with Crippen molar-refractivity contribution in [1.29, 1.82) is 5.26 Å². The maximum atomic E-state index is 12.5. The zero-order chi connectivity index (χ0) is 28.5. The number of nitrogens with one attached hydrogen (secondary N) is 1. The SMILES string of the molecule is COC(C)C(N)C(=O)NCCOc1cnc(-c2cccc(Cn3nc(-c4cccc(C#N)c4)ccc3=O)c2)nc1. The number of carbonyl (C=O) groups excluding carboxylic acids is 1. The lowest BCUT2D eigenvalue weighted by Crippen LogP contribution is -2.48. The van der Waals surface area contributed by atoms with Gasteiger partial charge in [-0.15, -0.1) is 0 Å². The van der Waals surface area contributed by atoms with Crippen LogP contribution >= 0.6 is 0 Å². The minimum absolute atomic E-state index is 0.222. The molecule has 40 heavy (non-hydrogen) atoms. The van der Waals surface area contributed by atoms with E-state index >= 15 is 0 Å². The van der Waals surface area contributed by atoms with Gasteiger partial charge < -0.3 is 20.5 Å². The fourth-order valence-electron chi connectivity index (χ4n) is 3.81. The minimum atomic E-state index is -0.761. The smallest absolute Gasteiger partial charge is 0.267 e. The summed E-state index contributed by atoms with van der Waals surface area (Å²) in [6.45, 7) is 2.46. The molecule has 0 saturated heterocycles. The number of hydrogen-bond acceptors (Lipinski definition) is 9. The summed E-state index contributed by atoms with van der Waals surface area (Å²) in [5, 5.41) is 16.4. The molecule has 1 amide bonds. The molecule has 0 saturated carbocycles. The number of nitriles is 1. The minimum Gasteiger partial charge on any atom is -0.489 e. The van der Waals surface area contributed by atoms with E-state index < -0.39 is 12.1 Å². The molecule has 0 fully saturated rings. The Kier molecular flexibility index (Phi) is 9.30. The fraction of sp³-hybridized carbons (Fsp3) is 0.241. The molecular weight excluding hydrogens is 510 g/mol. The molecule has 204 valence electrons. The summed E-state index contributed by atoms with van der Waals surface area (Å²) in [5.41, 5.74) is 9.05. The molecule has 4 aromatic rings. The van der Waals surface area contributed by atoms with E-state index in [9.17, 15) is 14.9 Å². The highest BCUT2D eigenvalue weighted by Crippen LogP contribution is 2.20. The van der Waals surface area contributed by atoms with Gasteiger partial charge in [0, 0.05) is 24.3 Å². The molecule has 0 aliphatic heterocycles. The molecule has 0 bridgehead atoms. The third-order valence-corrected chi connectivity index (χ3v) is 6.15. The Bertz CT molecular complexity index is 1560. The maximum absolute atomic E-state index is 12.5. The number of amides is 1. The van der Waals surface area contributed by atoms with Crippen molar-refractivity contribution in [2.24, 2.45) is 5.73 Å². The van der Waals surface area contributed by atoms with Crippen LogP contribution in [0.2, 0.25) is 0 Å². The van der Waals surface area contributed by atoms with Gasteiger partial charge >= 0.3 is 0 Å². The number of methoxy groups -OCH3 is 1. The van der Waals surface area contributed by atoms with Gasteiger partial charge in [-0.3, -0.25) is 9.59 Å². The largest absolute Gasteiger partial charge is 0.489 e. The van der Waals surface area contributed by atoms with Crippen LogP contribution in [0.1, 0.15) is 18.1 Å². The molecule has 0 spiro atoms. The van der Waals surface area contributed by atoms with E-state index in [0.29, 0.717) is 22.8 Å². The van der Waals surface area contributed by atoms with Gasteiger partial charge in [0.1, 0.15) is 12.6 Å². The molecule has 2 unspecified atom stereocenters. The first-order valence-corrected chi connectivity index (χ1v) is 12.6. The van der Waals surface area contributed by atoms with Crippen molar-refractivity contribution in [2.45, 2.75) is 25.6 Å². The molecule has 11 nitrogen and oxygen atoms in total. The predicted molar refractivity (Wildman–Crippen MR) is 148 cm³/mol. The van der Waals surface area contributed by atoms with Crippen molar-refractivity contribution >= 4 is 5.91 Å². The van der Waals surface area contributed by atoms with Crippen LogP contribution in [0.4, 0.5) is 0 Å². The second kappa shape index (κ2) is 13.2. The first-order chi connectivity index (χ1) is 19.4. The Hall–Kier alpha value is -4.92. The molecule has 0 aliphatic rings. The maximum Gasteiger partial charge on any atom is 0.267 e. The summed E-state index contributed by atoms with van der Waals surface area (Å²) < 4.78 is 12.1. The van der Waals surface area contributed by atoms with Gasteiger partial charge in [-0.2, -0.15) is 10.4 Å². The van der Waals surface area contributed by atoms with Crippen molar-refractivity contribution < 1.29 is 14.3 Å². The highest BCUT2D eigenvalue weighted by molar-refractivity contribution is 5.82. The van der Waals surface area contributed by atoms with Crippen LogP contribution in [-0.2, 0) is 16.1 Å². The van der Waals surface area contributed by atoms with E-state index in [-0.39, 0.29) is 31.2 Å². The van der Waals surface area contributed by atoms with Gasteiger partial charge in [0.2, 0.25) is 5.91 Å². The fourth-order valence-corrected chi connectivity index (χ4v) is 3.81. The highest BCUT2D eigenvalue weighted by atomic mass is 16.5. The number of rotatable bonds is 11. The first-order valence-electron chi connectivity index (χ1n) is 12.6. The lowest BCUT2D eigenvalue weighted by atomic mass is 10.1. The molecule has 4 rings (SSSR count). The second-order valence-corrected chi connectivity index (χ2v) is 8.96. The van der Waals surface area contributed by atoms with Crippen LogP contribution in [0.15, 0.2) is 77.9 Å². The standard InChI is InChI=1S/C29H29N7O4/c1-19(39-2)27(31)29(38)32-11-12-40-24-16-33-28(34-17-24)23-8-4-6-21(14-23)18-36-26(37)10-9-25(35-36)22-7-3-5-20(13-22)15-30/h3-10,13-14,16-17,19,27H,11-12,18,31H2,1-2H3,(H,32,38). The Labute approximate surface area is 231 Å². The highest BCUT2D eigenvalue weighted by Gasteiger charge is 2.19. The van der Waals surface area contributed by atoms with E-state index in [0.717, 1.165) is 16.7 Å². The monoisotopic (exact) mass is 539 g/mol. The number of carbonyl (C=O) groups is 1. The molecule has 3 N–H and O–H groups in total. The van der Waals surface area contributed by atoms with Crippen molar-refractivity contribution in [3.05, 3.63) is 94.5 Å². The zero-order valence-corrected chi connectivity index (χ0v) is 22.2. The van der Waals surface area contributed by atoms with Crippen LogP contribution in [0, 0.1) is 11.3 Å². The average Bonchev–Trinajstić information content (AvgIpc) is 3.00. The van der Waals surface area contributed by atoms with Crippen molar-refractivity contribution in [2.75, 3.05) is 20.3 Å². The Balaban J connectivity index is 1.39. The van der Waals surface area contributed by atoms with Crippen molar-refractivity contribution in [3.63, 3.8) is 0 Å². The predicted octanol–water partition coefficient (Wildman–Crippen LogP) is 2.14. The Morgan fingerprint density at radius 1 is 1.10 bits per heavy atom. The third kappa shape index (κ3) is 7.13. The summed E-state index contributed by atoms with van der Waals surface area (Å²) in [5.74, 6) is 0.628. The molecule has 0 radical (unpaired) electrons. The number of hydrogen-bond donors (Lipinski definition) is 2. The van der Waals surface area contributed by atoms with Gasteiger partial charge in [0.05, 0.1) is 48.9 Å². The van der Waals surface area contributed by atoms with Crippen LogP contribution in [0.3, 0.4) is 0 Å². The molecule has 0 aliphatic carbocycles. The number of ether oxygens (including phenoxy) is 2. The van der Waals surface area contributed by atoms with Gasteiger partial charge in [-0.1, -0.05) is 30.3 Å². The van der Waals surface area contributed by atoms with E-state index in [1.807, 2.05) is 30.3 Å². The number of nitrogens with two attached hydrogens (primary N) is 1. The lowest BCUT2D eigenvalue weighted by Gasteiger charge is -2.17. The van der Waals surface area contributed by atoms with Crippen LogP contribution in [0.5, 0.6) is 5.75 Å². The van der Waals surface area contributed by atoms with E-state index in [1.54, 1.807) is 43.6 Å². The van der Waals surface area contributed by atoms with Gasteiger partial charge in [0.25, 0.3) is 5.56 Å². The van der Waals surface area contributed by atoms with Gasteiger partial charge in [0.15, 0.2) is 11.6 Å². The summed E-state index contributed by atoms with van der Waals surface area (Å²) >= 11 is 0. The van der Waals surface area contributed by atoms with Gasteiger partial charge in [-0.25, -0.2) is 14.6 Å². The molecule has 11 heteroatoms. The quantitative estimate of drug-likeness (QED) is 0.272. The summed E-state index contributed by atoms with van der Waals surface area (Å²) in [6.07, 6.45) is 2.72. The normalized spacial score (nSPS) is 12.2. The lowest BCUT2D eigenvalue weighted by molar-refractivity contribution is -0.125. The van der Waals surface area contributed by atoms with Crippen molar-refractivity contribution in [3.8, 4) is 34.5 Å². The summed E-state index contributed by atoms with van der Waals surface area (Å²) in [6, 6.07) is 19.1. The van der Waals surface area contributed by atoms with Crippen molar-refractivity contribution in [1.82, 2.24) is 25.1 Å². The zero-order valence-electron chi connectivity index (χ0n) is 22.2. The number of nitrogens with zero attached hydrogens (tertiary/aromatic N) is 5. The van der Waals surface area contributed by atoms with Crippen LogP contribution in [-0.4, -0.2) is 58.1 Å². The third-order valence-electron chi connectivity index (χ3n) is 6.15. The summed E-state index contributed by atoms with van der Waals surface area (Å²) in [7, 11) is 1.50. The molecule has 2 aromatic carbocycles. The van der Waals surface area contributed by atoms with E-state index in [1.165, 1.54) is 17.9 Å². The van der Waals surface area contributed by atoms with Crippen LogP contribution < -0.4 is 21.3 Å². The molecular formula is C29H29N7O4. The molecule has 2 heterocycles. The Morgan fingerprint density at radius 2 is 1.85 bits per heavy atom.